The quantitative estimate of drug-likeness (QED) is 0.324. The maximum atomic E-state index is 10.2. The third kappa shape index (κ3) is 2.34. The number of hydrogen-bond donors (Lipinski definition) is 3. The maximum absolute atomic E-state index is 10.2. The Morgan fingerprint density at radius 1 is 0.700 bits per heavy atom. The van der Waals surface area contributed by atoms with Crippen LogP contribution in [0.15, 0.2) is 14.4 Å². The standard InChI is InChI=1S/C3H3N3O3.Na/c7-1-4-2(8)6-3(9)5-1;/h(H3,4,5,6,7,8,9);/q;+1. The molecule has 0 aliphatic rings. The minimum Gasteiger partial charge on any atom is -0.259 e. The molecule has 0 fully saturated rings. The van der Waals surface area contributed by atoms with Crippen molar-refractivity contribution in [2.24, 2.45) is 0 Å². The van der Waals surface area contributed by atoms with Crippen molar-refractivity contribution in [3.05, 3.63) is 31.5 Å². The van der Waals surface area contributed by atoms with Crippen LogP contribution in [0, 0.1) is 0 Å². The average molecular weight is 152 g/mol. The van der Waals surface area contributed by atoms with Crippen LogP contribution in [0.4, 0.5) is 0 Å². The fraction of sp³-hybridized carbons (Fsp3) is 0. The Labute approximate surface area is 76.0 Å². The van der Waals surface area contributed by atoms with Crippen molar-refractivity contribution in [2.45, 2.75) is 0 Å². The third-order valence-corrected chi connectivity index (χ3v) is 0.681. The van der Waals surface area contributed by atoms with Gasteiger partial charge in [0.05, 0.1) is 0 Å². The van der Waals surface area contributed by atoms with E-state index in [9.17, 15) is 14.4 Å². The molecule has 0 bridgehead atoms. The Hall–Kier alpha value is -0.590. The molecule has 7 heteroatoms. The zero-order valence-electron chi connectivity index (χ0n) is 5.22. The Bertz CT molecular complexity index is 281. The first-order valence-electron chi connectivity index (χ1n) is 2.11. The van der Waals surface area contributed by atoms with E-state index in [0.29, 0.717) is 0 Å². The van der Waals surface area contributed by atoms with Gasteiger partial charge in [0.25, 0.3) is 0 Å². The van der Waals surface area contributed by atoms with Crippen molar-refractivity contribution in [3.63, 3.8) is 0 Å². The number of aromatic nitrogens is 3. The topological polar surface area (TPSA) is 98.6 Å². The van der Waals surface area contributed by atoms with Gasteiger partial charge in [0.2, 0.25) is 0 Å². The third-order valence-electron chi connectivity index (χ3n) is 0.681. The van der Waals surface area contributed by atoms with E-state index < -0.39 is 17.1 Å². The van der Waals surface area contributed by atoms with E-state index in [1.807, 2.05) is 0 Å². The molecule has 0 saturated carbocycles. The van der Waals surface area contributed by atoms with Gasteiger partial charge in [0, 0.05) is 0 Å². The molecule has 3 N–H and O–H groups in total. The number of hydrogen-bond acceptors (Lipinski definition) is 3. The Morgan fingerprint density at radius 2 is 0.900 bits per heavy atom. The molecule has 1 rings (SSSR count). The molecule has 48 valence electrons. The van der Waals surface area contributed by atoms with Crippen molar-refractivity contribution < 1.29 is 29.6 Å². The predicted octanol–water partition coefficient (Wildman–Crippen LogP) is -5.24. The van der Waals surface area contributed by atoms with E-state index in [4.69, 9.17) is 0 Å². The predicted molar refractivity (Wildman–Crippen MR) is 28.3 cm³/mol. The zero-order chi connectivity index (χ0) is 6.85. The largest absolute Gasteiger partial charge is 1.00 e. The fourth-order valence-corrected chi connectivity index (χ4v) is 0.403. The van der Waals surface area contributed by atoms with Crippen LogP contribution in [0.5, 0.6) is 0 Å². The summed E-state index contributed by atoms with van der Waals surface area (Å²) in [7, 11) is 0. The van der Waals surface area contributed by atoms with E-state index >= 15 is 0 Å². The van der Waals surface area contributed by atoms with Gasteiger partial charge in [-0.1, -0.05) is 0 Å². The van der Waals surface area contributed by atoms with E-state index in [1.54, 1.807) is 15.0 Å². The molecule has 10 heavy (non-hydrogen) atoms. The van der Waals surface area contributed by atoms with Gasteiger partial charge >= 0.3 is 46.6 Å². The van der Waals surface area contributed by atoms with Crippen LogP contribution in [-0.4, -0.2) is 15.0 Å². The number of aromatic amines is 3. The maximum Gasteiger partial charge on any atom is 1.00 e. The number of H-pyrrole nitrogens is 3. The van der Waals surface area contributed by atoms with E-state index in [-0.39, 0.29) is 29.6 Å². The van der Waals surface area contributed by atoms with Gasteiger partial charge in [-0.25, -0.2) is 14.4 Å². The minimum atomic E-state index is -0.802. The van der Waals surface area contributed by atoms with E-state index in [1.165, 1.54) is 0 Å². The van der Waals surface area contributed by atoms with Crippen LogP contribution in [0.3, 0.4) is 0 Å². The molecule has 0 aliphatic heterocycles. The van der Waals surface area contributed by atoms with Gasteiger partial charge in [-0.2, -0.15) is 0 Å². The van der Waals surface area contributed by atoms with Gasteiger partial charge in [-0.05, 0) is 0 Å². The van der Waals surface area contributed by atoms with E-state index in [0.717, 1.165) is 0 Å². The summed E-state index contributed by atoms with van der Waals surface area (Å²) in [6.45, 7) is 0. The summed E-state index contributed by atoms with van der Waals surface area (Å²) in [5, 5.41) is 0. The molecule has 0 amide bonds. The first kappa shape index (κ1) is 9.41. The molecular formula is C3H3N3NaO3+. The smallest absolute Gasteiger partial charge is 0.259 e. The Morgan fingerprint density at radius 3 is 1.10 bits per heavy atom. The molecule has 0 atom stereocenters. The van der Waals surface area contributed by atoms with Crippen molar-refractivity contribution in [1.29, 1.82) is 0 Å². The summed E-state index contributed by atoms with van der Waals surface area (Å²) in [6.07, 6.45) is 0. The summed E-state index contributed by atoms with van der Waals surface area (Å²) < 4.78 is 0. The Balaban J connectivity index is 0.000000810. The first-order chi connectivity index (χ1) is 4.18. The summed E-state index contributed by atoms with van der Waals surface area (Å²) in [4.78, 5) is 35.9. The van der Waals surface area contributed by atoms with Gasteiger partial charge in [0.1, 0.15) is 0 Å². The Kier molecular flexibility index (Phi) is 3.34. The zero-order valence-corrected chi connectivity index (χ0v) is 7.22. The van der Waals surface area contributed by atoms with Crippen LogP contribution in [-0.2, 0) is 0 Å². The molecule has 0 aromatic carbocycles. The average Bonchev–Trinajstić information content (AvgIpc) is 1.59. The molecule has 0 saturated heterocycles. The molecule has 0 radical (unpaired) electrons. The second-order valence-corrected chi connectivity index (χ2v) is 1.36. The first-order valence-corrected chi connectivity index (χ1v) is 2.11. The normalized spacial score (nSPS) is 8.40. The second kappa shape index (κ2) is 3.55. The molecule has 6 nitrogen and oxygen atoms in total. The minimum absolute atomic E-state index is 0. The molecule has 1 aromatic heterocycles. The van der Waals surface area contributed by atoms with Gasteiger partial charge in [0.15, 0.2) is 0 Å². The van der Waals surface area contributed by atoms with Gasteiger partial charge in [-0.3, -0.25) is 15.0 Å². The van der Waals surface area contributed by atoms with Crippen LogP contribution in [0.1, 0.15) is 0 Å². The van der Waals surface area contributed by atoms with Crippen LogP contribution >= 0.6 is 0 Å². The fourth-order valence-electron chi connectivity index (χ4n) is 0.403. The molecule has 0 unspecified atom stereocenters. The van der Waals surface area contributed by atoms with Crippen LogP contribution in [0.2, 0.25) is 0 Å². The molecular weight excluding hydrogens is 149 g/mol. The monoisotopic (exact) mass is 152 g/mol. The molecule has 0 aliphatic carbocycles. The van der Waals surface area contributed by atoms with Crippen molar-refractivity contribution in [3.8, 4) is 0 Å². The summed E-state index contributed by atoms with van der Waals surface area (Å²) >= 11 is 0. The molecule has 0 spiro atoms. The second-order valence-electron chi connectivity index (χ2n) is 1.36. The van der Waals surface area contributed by atoms with Crippen LogP contribution in [0.25, 0.3) is 0 Å². The number of rotatable bonds is 0. The van der Waals surface area contributed by atoms with Crippen molar-refractivity contribution in [2.75, 3.05) is 0 Å². The van der Waals surface area contributed by atoms with Gasteiger partial charge in [-0.15, -0.1) is 0 Å². The summed E-state index contributed by atoms with van der Waals surface area (Å²) in [5.74, 6) is 0. The van der Waals surface area contributed by atoms with Crippen molar-refractivity contribution in [1.82, 2.24) is 15.0 Å². The van der Waals surface area contributed by atoms with Gasteiger partial charge < -0.3 is 0 Å². The number of nitrogens with one attached hydrogen (secondary N) is 3. The van der Waals surface area contributed by atoms with E-state index in [2.05, 4.69) is 0 Å². The van der Waals surface area contributed by atoms with Crippen molar-refractivity contribution >= 4 is 0 Å². The molecule has 1 aromatic rings. The molecule has 1 heterocycles. The SMILES string of the molecule is O=c1[nH]c(=O)[nH]c(=O)[nH]1.[Na+]. The summed E-state index contributed by atoms with van der Waals surface area (Å²) in [5.41, 5.74) is -2.41. The van der Waals surface area contributed by atoms with Crippen LogP contribution < -0.4 is 46.6 Å². The summed E-state index contributed by atoms with van der Waals surface area (Å²) in [6, 6.07) is 0.